The SMILES string of the molecule is CCCCN(CCCC)c1nc(-c2c(CC)cc(C)cc2CC)c(/C=C2\C(=O)N(N(C)C(=O)C(C)(C)C)C(=O)C(C#N)=C2C)s1. The van der Waals surface area contributed by atoms with Gasteiger partial charge in [0, 0.05) is 36.7 Å². The Labute approximate surface area is 273 Å². The molecular formula is C36H49N5O3S. The molecule has 0 bridgehead atoms. The van der Waals surface area contributed by atoms with E-state index in [2.05, 4.69) is 51.7 Å². The standard InChI is InChI=1S/C36H49N5O3S/c1-11-15-17-40(18-16-12-2)35-38-31(30-25(13-3)19-23(5)20-26(30)14-4)29(45-35)21-27-24(6)28(22-37)33(43)41(32(27)42)39(10)34(44)36(7,8)9/h19-21H,11-18H2,1-10H3/b27-21-. The van der Waals surface area contributed by atoms with Crippen molar-refractivity contribution in [2.24, 2.45) is 5.41 Å². The van der Waals surface area contributed by atoms with Gasteiger partial charge in [-0.1, -0.05) is 90.3 Å². The molecule has 9 heteroatoms. The largest absolute Gasteiger partial charge is 0.348 e. The van der Waals surface area contributed by atoms with Crippen LogP contribution in [-0.4, -0.2) is 52.9 Å². The van der Waals surface area contributed by atoms with Crippen LogP contribution in [0.2, 0.25) is 0 Å². The monoisotopic (exact) mass is 631 g/mol. The lowest BCUT2D eigenvalue weighted by Crippen LogP contribution is -2.56. The quantitative estimate of drug-likeness (QED) is 0.176. The Morgan fingerprint density at radius 3 is 2.02 bits per heavy atom. The summed E-state index contributed by atoms with van der Waals surface area (Å²) in [5, 5.41) is 12.8. The number of imide groups is 1. The fourth-order valence-corrected chi connectivity index (χ4v) is 6.65. The average molecular weight is 632 g/mol. The first-order valence-corrected chi connectivity index (χ1v) is 16.9. The van der Waals surface area contributed by atoms with Crippen LogP contribution >= 0.6 is 11.3 Å². The van der Waals surface area contributed by atoms with E-state index in [1.54, 1.807) is 33.8 Å². The van der Waals surface area contributed by atoms with Crippen LogP contribution in [0.1, 0.15) is 103 Å². The Morgan fingerprint density at radius 1 is 1.00 bits per heavy atom. The van der Waals surface area contributed by atoms with E-state index in [9.17, 15) is 19.6 Å². The highest BCUT2D eigenvalue weighted by molar-refractivity contribution is 7.17. The molecule has 3 amide bonds. The van der Waals surface area contributed by atoms with Crippen molar-refractivity contribution in [3.05, 3.63) is 50.4 Å². The topological polar surface area (TPSA) is 97.6 Å². The van der Waals surface area contributed by atoms with E-state index in [0.717, 1.165) is 82.9 Å². The summed E-state index contributed by atoms with van der Waals surface area (Å²) in [6.45, 7) is 19.3. The van der Waals surface area contributed by atoms with E-state index in [1.165, 1.54) is 35.1 Å². The van der Waals surface area contributed by atoms with Gasteiger partial charge < -0.3 is 4.90 Å². The summed E-state index contributed by atoms with van der Waals surface area (Å²) in [6.07, 6.45) is 7.62. The van der Waals surface area contributed by atoms with Gasteiger partial charge in [-0.2, -0.15) is 10.3 Å². The maximum atomic E-state index is 14.1. The van der Waals surface area contributed by atoms with Crippen LogP contribution in [-0.2, 0) is 27.2 Å². The van der Waals surface area contributed by atoms with Crippen molar-refractivity contribution in [2.45, 2.75) is 101 Å². The number of anilines is 1. The number of unbranched alkanes of at least 4 members (excludes halogenated alkanes) is 2. The minimum Gasteiger partial charge on any atom is -0.348 e. The predicted molar refractivity (Wildman–Crippen MR) is 183 cm³/mol. The summed E-state index contributed by atoms with van der Waals surface area (Å²) < 4.78 is 0. The molecule has 1 aliphatic heterocycles. The highest BCUT2D eigenvalue weighted by Gasteiger charge is 2.42. The molecule has 0 radical (unpaired) electrons. The summed E-state index contributed by atoms with van der Waals surface area (Å²) in [4.78, 5) is 49.1. The lowest BCUT2D eigenvalue weighted by Gasteiger charge is -2.36. The average Bonchev–Trinajstić information content (AvgIpc) is 3.41. The van der Waals surface area contributed by atoms with Crippen molar-refractivity contribution in [2.75, 3.05) is 25.0 Å². The number of aryl methyl sites for hydroxylation is 3. The highest BCUT2D eigenvalue weighted by atomic mass is 32.1. The first-order valence-electron chi connectivity index (χ1n) is 16.1. The number of hydrogen-bond acceptors (Lipinski definition) is 7. The molecule has 3 rings (SSSR count). The first kappa shape index (κ1) is 35.7. The number of benzene rings is 1. The van der Waals surface area contributed by atoms with E-state index in [0.29, 0.717) is 5.57 Å². The fraction of sp³-hybridized carbons (Fsp3) is 0.528. The van der Waals surface area contributed by atoms with Crippen LogP contribution < -0.4 is 4.90 Å². The van der Waals surface area contributed by atoms with Crippen LogP contribution in [0.4, 0.5) is 5.13 Å². The molecule has 8 nitrogen and oxygen atoms in total. The zero-order valence-electron chi connectivity index (χ0n) is 28.8. The number of thiazole rings is 1. The van der Waals surface area contributed by atoms with Crippen LogP contribution in [0.5, 0.6) is 0 Å². The molecule has 0 N–H and O–H groups in total. The van der Waals surface area contributed by atoms with Crippen molar-refractivity contribution in [1.82, 2.24) is 15.0 Å². The summed E-state index contributed by atoms with van der Waals surface area (Å²) in [5.74, 6) is -1.85. The fourth-order valence-electron chi connectivity index (χ4n) is 5.59. The van der Waals surface area contributed by atoms with Gasteiger partial charge in [0.15, 0.2) is 5.13 Å². The summed E-state index contributed by atoms with van der Waals surface area (Å²) >= 11 is 1.53. The Balaban J connectivity index is 2.36. The number of amides is 3. The third-order valence-corrected chi connectivity index (χ3v) is 9.21. The molecule has 45 heavy (non-hydrogen) atoms. The molecule has 0 atom stereocenters. The van der Waals surface area contributed by atoms with Crippen molar-refractivity contribution in [1.29, 1.82) is 5.26 Å². The van der Waals surface area contributed by atoms with Crippen molar-refractivity contribution in [3.63, 3.8) is 0 Å². The number of carbonyl (C=O) groups is 3. The molecule has 0 spiro atoms. The highest BCUT2D eigenvalue weighted by Crippen LogP contribution is 2.41. The van der Waals surface area contributed by atoms with Crippen LogP contribution in [0.25, 0.3) is 17.3 Å². The Hall–Kier alpha value is -3.77. The number of carbonyl (C=O) groups excluding carboxylic acids is 3. The molecular weight excluding hydrogens is 582 g/mol. The lowest BCUT2D eigenvalue weighted by atomic mass is 9.91. The summed E-state index contributed by atoms with van der Waals surface area (Å²) in [6, 6.07) is 6.40. The molecule has 242 valence electrons. The van der Waals surface area contributed by atoms with Crippen molar-refractivity contribution >= 4 is 40.3 Å². The van der Waals surface area contributed by atoms with Crippen LogP contribution in [0.15, 0.2) is 28.9 Å². The maximum Gasteiger partial charge on any atom is 0.290 e. The van der Waals surface area contributed by atoms with E-state index >= 15 is 0 Å². The Bertz CT molecular complexity index is 1520. The smallest absolute Gasteiger partial charge is 0.290 e. The van der Waals surface area contributed by atoms with Gasteiger partial charge in [-0.15, -0.1) is 0 Å². The van der Waals surface area contributed by atoms with Crippen molar-refractivity contribution < 1.29 is 14.4 Å². The summed E-state index contributed by atoms with van der Waals surface area (Å²) in [7, 11) is 1.40. The predicted octanol–water partition coefficient (Wildman–Crippen LogP) is 7.66. The number of rotatable bonds is 12. The lowest BCUT2D eigenvalue weighted by molar-refractivity contribution is -0.171. The van der Waals surface area contributed by atoms with Gasteiger partial charge in [-0.25, -0.2) is 9.99 Å². The number of aromatic nitrogens is 1. The number of hydrogen-bond donors (Lipinski definition) is 0. The Kier molecular flexibility index (Phi) is 11.9. The number of nitrogens with zero attached hydrogens (tertiary/aromatic N) is 5. The minimum atomic E-state index is -0.846. The van der Waals surface area contributed by atoms with Gasteiger partial charge in [-0.3, -0.25) is 14.4 Å². The first-order chi connectivity index (χ1) is 21.2. The minimum absolute atomic E-state index is 0.160. The molecule has 2 aromatic rings. The van der Waals surface area contributed by atoms with Gasteiger partial charge in [0.25, 0.3) is 11.8 Å². The van der Waals surface area contributed by atoms with E-state index in [4.69, 9.17) is 4.98 Å². The second kappa shape index (κ2) is 15.0. The van der Waals surface area contributed by atoms with Gasteiger partial charge >= 0.3 is 0 Å². The van der Waals surface area contributed by atoms with E-state index in [-0.39, 0.29) is 11.1 Å². The van der Waals surface area contributed by atoms with E-state index < -0.39 is 23.1 Å². The van der Waals surface area contributed by atoms with Crippen molar-refractivity contribution in [3.8, 4) is 17.3 Å². The van der Waals surface area contributed by atoms with E-state index in [1.807, 2.05) is 6.07 Å². The third kappa shape index (κ3) is 7.55. The molecule has 0 unspecified atom stereocenters. The number of hydrazine groups is 1. The number of nitriles is 1. The zero-order chi connectivity index (χ0) is 33.6. The van der Waals surface area contributed by atoms with Gasteiger partial charge in [0.2, 0.25) is 5.91 Å². The van der Waals surface area contributed by atoms with Gasteiger partial charge in [0.05, 0.1) is 10.6 Å². The molecule has 0 saturated heterocycles. The molecule has 0 fully saturated rings. The zero-order valence-corrected chi connectivity index (χ0v) is 29.6. The van der Waals surface area contributed by atoms with Crippen LogP contribution in [0.3, 0.4) is 0 Å². The van der Waals surface area contributed by atoms with Gasteiger partial charge in [-0.05, 0) is 62.3 Å². The Morgan fingerprint density at radius 2 is 1.56 bits per heavy atom. The molecule has 2 heterocycles. The molecule has 1 aromatic heterocycles. The normalized spacial score (nSPS) is 14.8. The molecule has 0 aliphatic carbocycles. The molecule has 0 saturated carbocycles. The molecule has 1 aliphatic rings. The van der Waals surface area contributed by atoms with Gasteiger partial charge in [0.1, 0.15) is 11.6 Å². The third-order valence-electron chi connectivity index (χ3n) is 8.15. The van der Waals surface area contributed by atoms with Crippen LogP contribution in [0, 0.1) is 23.7 Å². The summed E-state index contributed by atoms with van der Waals surface area (Å²) in [5.41, 5.74) is 4.93. The second-order valence-electron chi connectivity index (χ2n) is 12.7. The maximum absolute atomic E-state index is 14.1. The second-order valence-corrected chi connectivity index (χ2v) is 13.7. The molecule has 1 aromatic carbocycles.